The maximum Gasteiger partial charge on any atom is 0.0667 e. The van der Waals surface area contributed by atoms with Gasteiger partial charge in [-0.2, -0.15) is 5.10 Å². The molecule has 0 spiro atoms. The van der Waals surface area contributed by atoms with Crippen LogP contribution in [0.5, 0.6) is 0 Å². The van der Waals surface area contributed by atoms with Crippen molar-refractivity contribution in [2.45, 2.75) is 44.4 Å². The molecule has 102 valence electrons. The summed E-state index contributed by atoms with van der Waals surface area (Å²) in [5, 5.41) is 14.1. The van der Waals surface area contributed by atoms with Crippen LogP contribution in [0.25, 0.3) is 0 Å². The number of piperidine rings is 1. The minimum atomic E-state index is -0.220. The van der Waals surface area contributed by atoms with Crippen molar-refractivity contribution in [3.05, 3.63) is 18.0 Å². The molecule has 2 rings (SSSR count). The predicted molar refractivity (Wildman–Crippen MR) is 71.0 cm³/mol. The highest BCUT2D eigenvalue weighted by atomic mass is 16.3. The van der Waals surface area contributed by atoms with Crippen LogP contribution in [0.4, 0.5) is 0 Å². The van der Waals surface area contributed by atoms with Crippen molar-refractivity contribution in [3.8, 4) is 0 Å². The third-order valence-corrected chi connectivity index (χ3v) is 3.76. The molecule has 1 aliphatic rings. The van der Waals surface area contributed by atoms with E-state index in [0.717, 1.165) is 31.4 Å². The van der Waals surface area contributed by atoms with Crippen LogP contribution in [-0.2, 0) is 7.05 Å². The number of aliphatic hydroxyl groups excluding tert-OH is 1. The molecular weight excluding hydrogens is 228 g/mol. The fourth-order valence-corrected chi connectivity index (χ4v) is 2.78. The number of nitrogens with zero attached hydrogens (tertiary/aromatic N) is 3. The highest BCUT2D eigenvalue weighted by Gasteiger charge is 2.30. The molecule has 1 aliphatic heterocycles. The number of hydrogen-bond donors (Lipinski definition) is 2. The summed E-state index contributed by atoms with van der Waals surface area (Å²) in [4.78, 5) is 2.30. The second-order valence-electron chi connectivity index (χ2n) is 5.26. The van der Waals surface area contributed by atoms with Crippen molar-refractivity contribution < 1.29 is 5.11 Å². The molecule has 18 heavy (non-hydrogen) atoms. The molecule has 3 unspecified atom stereocenters. The minimum Gasteiger partial charge on any atom is -0.392 e. The van der Waals surface area contributed by atoms with E-state index in [0.29, 0.717) is 6.54 Å². The predicted octanol–water partition coefficient (Wildman–Crippen LogP) is 0.655. The van der Waals surface area contributed by atoms with Gasteiger partial charge in [-0.15, -0.1) is 0 Å². The van der Waals surface area contributed by atoms with Gasteiger partial charge in [0, 0.05) is 31.4 Å². The van der Waals surface area contributed by atoms with E-state index in [4.69, 9.17) is 5.73 Å². The van der Waals surface area contributed by atoms with Crippen molar-refractivity contribution in [2.75, 3.05) is 13.1 Å². The second kappa shape index (κ2) is 5.82. The number of likely N-dealkylation sites (tertiary alicyclic amines) is 1. The number of β-amino-alcohol motifs (C(OH)–C–C–N with tert-alkyl or cyclic N) is 1. The van der Waals surface area contributed by atoms with Gasteiger partial charge in [-0.05, 0) is 25.8 Å². The van der Waals surface area contributed by atoms with Gasteiger partial charge in [0.05, 0.1) is 18.3 Å². The van der Waals surface area contributed by atoms with Crippen molar-refractivity contribution in [1.29, 1.82) is 0 Å². The summed E-state index contributed by atoms with van der Waals surface area (Å²) in [7, 11) is 1.92. The van der Waals surface area contributed by atoms with Crippen LogP contribution in [0.1, 0.15) is 37.8 Å². The molecule has 5 heteroatoms. The standard InChI is InChI=1S/C13H24N4O/c1-3-12(14)13(10-7-15-16(2)8-10)17-6-4-5-11(18)9-17/h7-8,11-13,18H,3-6,9,14H2,1-2H3. The summed E-state index contributed by atoms with van der Waals surface area (Å²) in [5.74, 6) is 0. The first kappa shape index (κ1) is 13.5. The molecule has 2 heterocycles. The van der Waals surface area contributed by atoms with Gasteiger partial charge >= 0.3 is 0 Å². The van der Waals surface area contributed by atoms with Crippen LogP contribution in [0.3, 0.4) is 0 Å². The number of hydrogen-bond acceptors (Lipinski definition) is 4. The molecule has 1 saturated heterocycles. The Morgan fingerprint density at radius 1 is 1.61 bits per heavy atom. The zero-order valence-corrected chi connectivity index (χ0v) is 11.3. The fraction of sp³-hybridized carbons (Fsp3) is 0.769. The molecule has 3 atom stereocenters. The summed E-state index contributed by atoms with van der Waals surface area (Å²) >= 11 is 0. The highest BCUT2D eigenvalue weighted by molar-refractivity contribution is 5.14. The molecule has 0 aromatic carbocycles. The normalized spacial score (nSPS) is 25.0. The molecule has 5 nitrogen and oxygen atoms in total. The van der Waals surface area contributed by atoms with Gasteiger partial charge in [0.25, 0.3) is 0 Å². The zero-order chi connectivity index (χ0) is 13.1. The van der Waals surface area contributed by atoms with Crippen molar-refractivity contribution >= 4 is 0 Å². The van der Waals surface area contributed by atoms with Gasteiger partial charge in [-0.25, -0.2) is 0 Å². The van der Waals surface area contributed by atoms with Crippen molar-refractivity contribution in [2.24, 2.45) is 12.8 Å². The molecule has 0 saturated carbocycles. The van der Waals surface area contributed by atoms with Gasteiger partial charge in [0.1, 0.15) is 0 Å². The maximum absolute atomic E-state index is 9.83. The van der Waals surface area contributed by atoms with Crippen LogP contribution in [-0.4, -0.2) is 45.0 Å². The Balaban J connectivity index is 2.19. The Hall–Kier alpha value is -0.910. The number of aryl methyl sites for hydroxylation is 1. The van der Waals surface area contributed by atoms with Gasteiger partial charge in [0.15, 0.2) is 0 Å². The Bertz CT molecular complexity index is 379. The van der Waals surface area contributed by atoms with E-state index < -0.39 is 0 Å². The maximum atomic E-state index is 9.83. The average molecular weight is 252 g/mol. The summed E-state index contributed by atoms with van der Waals surface area (Å²) in [6.07, 6.45) is 6.56. The largest absolute Gasteiger partial charge is 0.392 e. The quantitative estimate of drug-likeness (QED) is 0.826. The molecular formula is C13H24N4O. The van der Waals surface area contributed by atoms with Gasteiger partial charge < -0.3 is 10.8 Å². The number of aromatic nitrogens is 2. The summed E-state index contributed by atoms with van der Waals surface area (Å²) in [6, 6.07) is 0.248. The SMILES string of the molecule is CCC(N)C(c1cnn(C)c1)N1CCCC(O)C1. The lowest BCUT2D eigenvalue weighted by Crippen LogP contribution is -2.46. The van der Waals surface area contributed by atoms with Crippen LogP contribution in [0, 0.1) is 0 Å². The smallest absolute Gasteiger partial charge is 0.0667 e. The van der Waals surface area contributed by atoms with Gasteiger partial charge in [-0.1, -0.05) is 6.92 Å². The second-order valence-corrected chi connectivity index (χ2v) is 5.26. The number of aliphatic hydroxyl groups is 1. The lowest BCUT2D eigenvalue weighted by atomic mass is 9.96. The molecule has 0 amide bonds. The summed E-state index contributed by atoms with van der Waals surface area (Å²) < 4.78 is 1.81. The Kier molecular flexibility index (Phi) is 4.37. The first-order valence-corrected chi connectivity index (χ1v) is 6.78. The van der Waals surface area contributed by atoms with E-state index in [2.05, 4.69) is 16.9 Å². The molecule has 1 fully saturated rings. The minimum absolute atomic E-state index is 0.0829. The molecule has 0 radical (unpaired) electrons. The Morgan fingerprint density at radius 3 is 2.94 bits per heavy atom. The van der Waals surface area contributed by atoms with E-state index in [1.807, 2.05) is 24.1 Å². The van der Waals surface area contributed by atoms with E-state index in [1.54, 1.807) is 0 Å². The third kappa shape index (κ3) is 2.91. The van der Waals surface area contributed by atoms with Crippen LogP contribution in [0.15, 0.2) is 12.4 Å². The number of rotatable bonds is 4. The monoisotopic (exact) mass is 252 g/mol. The average Bonchev–Trinajstić information content (AvgIpc) is 2.76. The zero-order valence-electron chi connectivity index (χ0n) is 11.3. The molecule has 0 bridgehead atoms. The third-order valence-electron chi connectivity index (χ3n) is 3.76. The van der Waals surface area contributed by atoms with Gasteiger partial charge in [0.2, 0.25) is 0 Å². The molecule has 3 N–H and O–H groups in total. The highest BCUT2D eigenvalue weighted by Crippen LogP contribution is 2.27. The lowest BCUT2D eigenvalue weighted by Gasteiger charge is -2.38. The molecule has 1 aromatic heterocycles. The lowest BCUT2D eigenvalue weighted by molar-refractivity contribution is 0.0385. The van der Waals surface area contributed by atoms with E-state index in [9.17, 15) is 5.11 Å². The van der Waals surface area contributed by atoms with Crippen molar-refractivity contribution in [1.82, 2.24) is 14.7 Å². The Labute approximate surface area is 109 Å². The molecule has 0 aliphatic carbocycles. The van der Waals surface area contributed by atoms with Gasteiger partial charge in [-0.3, -0.25) is 9.58 Å². The number of nitrogens with two attached hydrogens (primary N) is 1. The van der Waals surface area contributed by atoms with Crippen LogP contribution in [0.2, 0.25) is 0 Å². The van der Waals surface area contributed by atoms with E-state index >= 15 is 0 Å². The Morgan fingerprint density at radius 2 is 2.39 bits per heavy atom. The molecule has 1 aromatic rings. The summed E-state index contributed by atoms with van der Waals surface area (Å²) in [5.41, 5.74) is 7.43. The van der Waals surface area contributed by atoms with E-state index in [-0.39, 0.29) is 18.2 Å². The first-order valence-electron chi connectivity index (χ1n) is 6.78. The topological polar surface area (TPSA) is 67.3 Å². The van der Waals surface area contributed by atoms with E-state index in [1.165, 1.54) is 0 Å². The summed E-state index contributed by atoms with van der Waals surface area (Å²) in [6.45, 7) is 3.83. The van der Waals surface area contributed by atoms with Crippen molar-refractivity contribution in [3.63, 3.8) is 0 Å². The fourth-order valence-electron chi connectivity index (χ4n) is 2.78. The first-order chi connectivity index (χ1) is 8.61. The van der Waals surface area contributed by atoms with Crippen LogP contribution >= 0.6 is 0 Å². The van der Waals surface area contributed by atoms with Crippen LogP contribution < -0.4 is 5.73 Å².